The minimum Gasteiger partial charge on any atom is -0.306 e. The van der Waals surface area contributed by atoms with Crippen LogP contribution in [0.25, 0.3) is 0 Å². The molecule has 0 aromatic heterocycles. The first-order valence-electron chi connectivity index (χ1n) is 6.59. The predicted molar refractivity (Wildman–Crippen MR) is 70.0 cm³/mol. The number of benzene rings is 1. The molecule has 2 rings (SSSR count). The van der Waals surface area contributed by atoms with Crippen molar-refractivity contribution >= 4 is 0 Å². The zero-order valence-electron chi connectivity index (χ0n) is 11.1. The Bertz CT molecular complexity index is 369. The smallest absolute Gasteiger partial charge is 0.127 e. The second-order valence-electron chi connectivity index (χ2n) is 5.24. The summed E-state index contributed by atoms with van der Waals surface area (Å²) in [5.41, 5.74) is 3.21. The van der Waals surface area contributed by atoms with Gasteiger partial charge >= 0.3 is 0 Å². The number of rotatable bonds is 2. The third-order valence-corrected chi connectivity index (χ3v) is 3.93. The Balaban J connectivity index is 2.26. The van der Waals surface area contributed by atoms with Crippen molar-refractivity contribution in [2.24, 2.45) is 0 Å². The molecule has 1 aliphatic heterocycles. The van der Waals surface area contributed by atoms with E-state index in [4.69, 9.17) is 0 Å². The molecule has 0 N–H and O–H groups in total. The molecule has 1 fully saturated rings. The molecule has 94 valence electrons. The summed E-state index contributed by atoms with van der Waals surface area (Å²) in [7, 11) is 2.14. The summed E-state index contributed by atoms with van der Waals surface area (Å²) in [6, 6.07) is 3.87. The molecule has 0 aliphatic carbocycles. The van der Waals surface area contributed by atoms with E-state index in [0.29, 0.717) is 5.92 Å². The van der Waals surface area contributed by atoms with Crippen molar-refractivity contribution in [1.29, 1.82) is 0 Å². The van der Waals surface area contributed by atoms with Gasteiger partial charge in [0.15, 0.2) is 0 Å². The van der Waals surface area contributed by atoms with Gasteiger partial charge in [-0.1, -0.05) is 13.0 Å². The lowest BCUT2D eigenvalue weighted by Gasteiger charge is -2.30. The molecule has 1 heterocycles. The lowest BCUT2D eigenvalue weighted by Crippen LogP contribution is -2.29. The van der Waals surface area contributed by atoms with Crippen molar-refractivity contribution in [2.75, 3.05) is 20.1 Å². The Hall–Kier alpha value is -0.890. The first-order chi connectivity index (χ1) is 8.11. The average molecular weight is 235 g/mol. The molecular weight excluding hydrogens is 213 g/mol. The monoisotopic (exact) mass is 235 g/mol. The van der Waals surface area contributed by atoms with Crippen LogP contribution in [0.3, 0.4) is 0 Å². The molecule has 0 unspecified atom stereocenters. The number of hydrogen-bond acceptors (Lipinski definition) is 1. The topological polar surface area (TPSA) is 3.24 Å². The van der Waals surface area contributed by atoms with Gasteiger partial charge in [-0.2, -0.15) is 0 Å². The van der Waals surface area contributed by atoms with Crippen LogP contribution in [0.1, 0.15) is 42.4 Å². The molecule has 0 atom stereocenters. The van der Waals surface area contributed by atoms with Gasteiger partial charge in [0.2, 0.25) is 0 Å². The van der Waals surface area contributed by atoms with E-state index in [1.165, 1.54) is 0 Å². The fraction of sp³-hybridized carbons (Fsp3) is 0.600. The van der Waals surface area contributed by atoms with Gasteiger partial charge in [-0.25, -0.2) is 4.39 Å². The van der Waals surface area contributed by atoms with E-state index in [9.17, 15) is 4.39 Å². The summed E-state index contributed by atoms with van der Waals surface area (Å²) < 4.78 is 14.2. The summed E-state index contributed by atoms with van der Waals surface area (Å²) in [5, 5.41) is 0. The fourth-order valence-electron chi connectivity index (χ4n) is 2.84. The maximum absolute atomic E-state index is 14.2. The summed E-state index contributed by atoms with van der Waals surface area (Å²) >= 11 is 0. The molecule has 1 aliphatic rings. The first kappa shape index (κ1) is 12.6. The van der Waals surface area contributed by atoms with Crippen LogP contribution in [0, 0.1) is 12.7 Å². The normalized spacial score (nSPS) is 18.6. The summed E-state index contributed by atoms with van der Waals surface area (Å²) in [6.45, 7) is 6.29. The second kappa shape index (κ2) is 5.18. The molecule has 0 amide bonds. The SMILES string of the molecule is CCc1cc(C)c(C2CCN(C)CC2)c(F)c1. The van der Waals surface area contributed by atoms with Crippen LogP contribution in [-0.4, -0.2) is 25.0 Å². The van der Waals surface area contributed by atoms with Crippen LogP contribution in [0.2, 0.25) is 0 Å². The number of hydrogen-bond donors (Lipinski definition) is 0. The van der Waals surface area contributed by atoms with E-state index in [1.807, 2.05) is 0 Å². The summed E-state index contributed by atoms with van der Waals surface area (Å²) in [6.07, 6.45) is 3.07. The number of aryl methyl sites for hydroxylation is 2. The third-order valence-electron chi connectivity index (χ3n) is 3.93. The quantitative estimate of drug-likeness (QED) is 0.758. The largest absolute Gasteiger partial charge is 0.306 e. The van der Waals surface area contributed by atoms with Crippen LogP contribution in [0.4, 0.5) is 4.39 Å². The highest BCUT2D eigenvalue weighted by Gasteiger charge is 2.22. The molecule has 2 heteroatoms. The maximum atomic E-state index is 14.2. The predicted octanol–water partition coefficient (Wildman–Crippen LogP) is 3.51. The van der Waals surface area contributed by atoms with Crippen molar-refractivity contribution in [1.82, 2.24) is 4.90 Å². The standard InChI is InChI=1S/C15H22FN/c1-4-12-9-11(2)15(14(16)10-12)13-5-7-17(3)8-6-13/h9-10,13H,4-8H2,1-3H3. The molecule has 17 heavy (non-hydrogen) atoms. The van der Waals surface area contributed by atoms with Crippen LogP contribution in [-0.2, 0) is 6.42 Å². The second-order valence-corrected chi connectivity index (χ2v) is 5.24. The molecule has 1 nitrogen and oxygen atoms in total. The van der Waals surface area contributed by atoms with Crippen LogP contribution < -0.4 is 0 Å². The van der Waals surface area contributed by atoms with Crippen molar-refractivity contribution in [2.45, 2.75) is 39.0 Å². The Kier molecular flexibility index (Phi) is 3.82. The molecule has 0 saturated carbocycles. The van der Waals surface area contributed by atoms with Gasteiger partial charge in [0.05, 0.1) is 0 Å². The molecule has 0 bridgehead atoms. The fourth-order valence-corrected chi connectivity index (χ4v) is 2.84. The van der Waals surface area contributed by atoms with E-state index in [0.717, 1.165) is 49.0 Å². The number of halogens is 1. The highest BCUT2D eigenvalue weighted by molar-refractivity contribution is 5.35. The first-order valence-corrected chi connectivity index (χ1v) is 6.59. The lowest BCUT2D eigenvalue weighted by molar-refractivity contribution is 0.252. The molecule has 1 saturated heterocycles. The van der Waals surface area contributed by atoms with E-state index >= 15 is 0 Å². The molecule has 0 radical (unpaired) electrons. The van der Waals surface area contributed by atoms with Gasteiger partial charge in [-0.05, 0) is 75.0 Å². The number of likely N-dealkylation sites (tertiary alicyclic amines) is 1. The minimum atomic E-state index is 0.0106. The Morgan fingerprint density at radius 1 is 1.29 bits per heavy atom. The van der Waals surface area contributed by atoms with Gasteiger partial charge in [0, 0.05) is 0 Å². The zero-order chi connectivity index (χ0) is 12.4. The Morgan fingerprint density at radius 3 is 2.47 bits per heavy atom. The van der Waals surface area contributed by atoms with Crippen LogP contribution in [0.5, 0.6) is 0 Å². The van der Waals surface area contributed by atoms with Crippen molar-refractivity contribution in [3.63, 3.8) is 0 Å². The average Bonchev–Trinajstić information content (AvgIpc) is 2.30. The Morgan fingerprint density at radius 2 is 1.94 bits per heavy atom. The van der Waals surface area contributed by atoms with Crippen molar-refractivity contribution in [3.05, 3.63) is 34.6 Å². The van der Waals surface area contributed by atoms with Crippen LogP contribution in [0.15, 0.2) is 12.1 Å². The molecular formula is C15H22FN. The summed E-state index contributed by atoms with van der Waals surface area (Å²) in [5.74, 6) is 0.425. The van der Waals surface area contributed by atoms with Gasteiger partial charge in [-0.3, -0.25) is 0 Å². The van der Waals surface area contributed by atoms with E-state index < -0.39 is 0 Å². The van der Waals surface area contributed by atoms with E-state index in [-0.39, 0.29) is 5.82 Å². The van der Waals surface area contributed by atoms with Gasteiger partial charge < -0.3 is 4.90 Å². The maximum Gasteiger partial charge on any atom is 0.127 e. The van der Waals surface area contributed by atoms with Gasteiger partial charge in [0.1, 0.15) is 5.82 Å². The number of nitrogens with zero attached hydrogens (tertiary/aromatic N) is 1. The minimum absolute atomic E-state index is 0.0106. The van der Waals surface area contributed by atoms with Crippen molar-refractivity contribution < 1.29 is 4.39 Å². The molecule has 1 aromatic carbocycles. The number of piperidine rings is 1. The van der Waals surface area contributed by atoms with E-state index in [1.54, 1.807) is 6.07 Å². The Labute approximate surface area is 104 Å². The highest BCUT2D eigenvalue weighted by Crippen LogP contribution is 2.32. The third kappa shape index (κ3) is 2.68. The van der Waals surface area contributed by atoms with Gasteiger partial charge in [-0.15, -0.1) is 0 Å². The highest BCUT2D eigenvalue weighted by atomic mass is 19.1. The molecule has 1 aromatic rings. The molecule has 0 spiro atoms. The lowest BCUT2D eigenvalue weighted by atomic mass is 9.85. The van der Waals surface area contributed by atoms with Crippen LogP contribution >= 0.6 is 0 Å². The zero-order valence-corrected chi connectivity index (χ0v) is 11.1. The summed E-state index contributed by atoms with van der Waals surface area (Å²) in [4.78, 5) is 2.32. The van der Waals surface area contributed by atoms with Gasteiger partial charge in [0.25, 0.3) is 0 Å². The van der Waals surface area contributed by atoms with Crippen molar-refractivity contribution in [3.8, 4) is 0 Å². The van der Waals surface area contributed by atoms with E-state index in [2.05, 4.69) is 31.9 Å².